The van der Waals surface area contributed by atoms with Gasteiger partial charge in [-0.15, -0.1) is 0 Å². The largest absolute Gasteiger partial charge is 0.394 e. The lowest BCUT2D eigenvalue weighted by Crippen LogP contribution is -2.52. The van der Waals surface area contributed by atoms with E-state index in [4.69, 9.17) is 16.6 Å². The van der Waals surface area contributed by atoms with E-state index >= 15 is 0 Å². The predicted octanol–water partition coefficient (Wildman–Crippen LogP) is 3.09. The van der Waals surface area contributed by atoms with Crippen molar-refractivity contribution in [2.45, 2.75) is 57.8 Å². The molecule has 0 radical (unpaired) electrons. The lowest BCUT2D eigenvalue weighted by atomic mass is 9.61. The summed E-state index contributed by atoms with van der Waals surface area (Å²) in [6.45, 7) is 1.18. The van der Waals surface area contributed by atoms with Crippen LogP contribution in [0.3, 0.4) is 0 Å². The van der Waals surface area contributed by atoms with Gasteiger partial charge in [0.15, 0.2) is 0 Å². The van der Waals surface area contributed by atoms with Crippen molar-refractivity contribution >= 4 is 29.3 Å². The maximum absolute atomic E-state index is 13.1. The number of amides is 1. The fourth-order valence-electron chi connectivity index (χ4n) is 5.31. The van der Waals surface area contributed by atoms with Crippen molar-refractivity contribution in [3.63, 3.8) is 0 Å². The minimum Gasteiger partial charge on any atom is -0.394 e. The summed E-state index contributed by atoms with van der Waals surface area (Å²) in [7, 11) is 0. The molecule has 1 aliphatic carbocycles. The molecule has 1 saturated heterocycles. The zero-order valence-electron chi connectivity index (χ0n) is 21.1. The minimum absolute atomic E-state index is 0.0306. The van der Waals surface area contributed by atoms with Crippen molar-refractivity contribution in [2.75, 3.05) is 23.4 Å². The molecule has 3 aromatic rings. The SMILES string of the molecule is O=C(NCc1ncccn1)c1cnc(N2CCC3(CCC3)CC2CO)nc1NCc1ccc(CO)c(Cl)c1. The van der Waals surface area contributed by atoms with E-state index < -0.39 is 0 Å². The average Bonchev–Trinajstić information content (AvgIpc) is 2.94. The molecule has 2 fully saturated rings. The number of aliphatic hydroxyl groups excluding tert-OH is 2. The summed E-state index contributed by atoms with van der Waals surface area (Å²) in [6.07, 6.45) is 10.4. The first kappa shape index (κ1) is 26.3. The van der Waals surface area contributed by atoms with Crippen LogP contribution in [-0.2, 0) is 19.7 Å². The second-order valence-corrected chi connectivity index (χ2v) is 10.5. The molecule has 4 N–H and O–H groups in total. The highest BCUT2D eigenvalue weighted by atomic mass is 35.5. The molecule has 2 aromatic heterocycles. The molecule has 1 unspecified atom stereocenters. The number of anilines is 2. The van der Waals surface area contributed by atoms with E-state index in [-0.39, 0.29) is 37.3 Å². The van der Waals surface area contributed by atoms with Gasteiger partial charge in [0.2, 0.25) is 5.95 Å². The smallest absolute Gasteiger partial charge is 0.256 e. The van der Waals surface area contributed by atoms with Crippen molar-refractivity contribution in [3.8, 4) is 0 Å². The molecule has 11 heteroatoms. The van der Waals surface area contributed by atoms with Crippen LogP contribution >= 0.6 is 11.6 Å². The summed E-state index contributed by atoms with van der Waals surface area (Å²) in [6, 6.07) is 7.07. The predicted molar refractivity (Wildman–Crippen MR) is 144 cm³/mol. The van der Waals surface area contributed by atoms with Crippen molar-refractivity contribution in [1.82, 2.24) is 25.3 Å². The quantitative estimate of drug-likeness (QED) is 0.324. The number of hydrogen-bond acceptors (Lipinski definition) is 9. The number of nitrogens with zero attached hydrogens (tertiary/aromatic N) is 5. The first-order valence-corrected chi connectivity index (χ1v) is 13.3. The molecule has 0 bridgehead atoms. The third-order valence-electron chi connectivity index (χ3n) is 7.67. The standard InChI is InChI=1S/C27H32ClN7O3/c28-22-11-18(3-4-19(22)16-36)13-31-24-21(25(38)32-15-23-29-8-2-9-30-23)14-33-26(34-24)35-10-7-27(5-1-6-27)12-20(35)17-37/h2-4,8-9,11,14,20,36-37H,1,5-7,10,12-13,15-17H2,(H,32,38)(H,31,33,34). The third-order valence-corrected chi connectivity index (χ3v) is 8.02. The second-order valence-electron chi connectivity index (χ2n) is 10.1. The fraction of sp³-hybridized carbons (Fsp3) is 0.444. The van der Waals surface area contributed by atoms with Gasteiger partial charge in [0, 0.05) is 36.7 Å². The number of carbonyl (C=O) groups is 1. The average molecular weight is 538 g/mol. The maximum atomic E-state index is 13.1. The monoisotopic (exact) mass is 537 g/mol. The zero-order valence-corrected chi connectivity index (χ0v) is 21.9. The van der Waals surface area contributed by atoms with E-state index in [9.17, 15) is 15.0 Å². The highest BCUT2D eigenvalue weighted by molar-refractivity contribution is 6.31. The molecule has 1 spiro atoms. The highest BCUT2D eigenvalue weighted by Crippen LogP contribution is 2.50. The molecule has 1 aromatic carbocycles. The Morgan fingerprint density at radius 1 is 1.13 bits per heavy atom. The first-order chi connectivity index (χ1) is 18.5. The summed E-state index contributed by atoms with van der Waals surface area (Å²) in [5.74, 6) is 1.00. The summed E-state index contributed by atoms with van der Waals surface area (Å²) >= 11 is 6.27. The molecule has 3 heterocycles. The van der Waals surface area contributed by atoms with Gasteiger partial charge < -0.3 is 25.7 Å². The van der Waals surface area contributed by atoms with Gasteiger partial charge in [0.05, 0.1) is 25.8 Å². The van der Waals surface area contributed by atoms with Gasteiger partial charge in [0.1, 0.15) is 17.2 Å². The van der Waals surface area contributed by atoms with Crippen LogP contribution in [0.5, 0.6) is 0 Å². The number of rotatable bonds is 9. The van der Waals surface area contributed by atoms with Gasteiger partial charge >= 0.3 is 0 Å². The third kappa shape index (κ3) is 5.72. The molecule has 2 aliphatic rings. The Balaban J connectivity index is 1.38. The maximum Gasteiger partial charge on any atom is 0.256 e. The summed E-state index contributed by atoms with van der Waals surface area (Å²) in [4.78, 5) is 32.8. The molecular weight excluding hydrogens is 506 g/mol. The Labute approximate surface area is 226 Å². The van der Waals surface area contributed by atoms with Crippen LogP contribution in [0.1, 0.15) is 59.4 Å². The van der Waals surface area contributed by atoms with Gasteiger partial charge in [-0.2, -0.15) is 4.98 Å². The number of piperidine rings is 1. The van der Waals surface area contributed by atoms with Gasteiger partial charge in [-0.3, -0.25) is 4.79 Å². The van der Waals surface area contributed by atoms with Crippen LogP contribution in [0.15, 0.2) is 42.9 Å². The first-order valence-electron chi connectivity index (χ1n) is 12.9. The Hall–Kier alpha value is -3.34. The minimum atomic E-state index is -0.356. The van der Waals surface area contributed by atoms with E-state index in [1.165, 1.54) is 25.5 Å². The number of aliphatic hydroxyl groups is 2. The van der Waals surface area contributed by atoms with Gasteiger partial charge in [-0.1, -0.05) is 30.2 Å². The number of halogens is 1. The number of carbonyl (C=O) groups excluding carboxylic acids is 1. The molecule has 1 aliphatic heterocycles. The zero-order chi connectivity index (χ0) is 26.5. The Morgan fingerprint density at radius 2 is 1.95 bits per heavy atom. The molecule has 5 rings (SSSR count). The van der Waals surface area contributed by atoms with Crippen molar-refractivity contribution in [3.05, 3.63) is 70.4 Å². The molecular formula is C27H32ClN7O3. The summed E-state index contributed by atoms with van der Waals surface area (Å²) < 4.78 is 0. The molecule has 1 amide bonds. The van der Waals surface area contributed by atoms with E-state index in [1.807, 2.05) is 6.07 Å². The van der Waals surface area contributed by atoms with E-state index in [0.29, 0.717) is 40.1 Å². The van der Waals surface area contributed by atoms with Crippen LogP contribution in [0.4, 0.5) is 11.8 Å². The Morgan fingerprint density at radius 3 is 2.63 bits per heavy atom. The topological polar surface area (TPSA) is 136 Å². The second kappa shape index (κ2) is 11.6. The van der Waals surface area contributed by atoms with Gasteiger partial charge in [-0.05, 0) is 54.4 Å². The van der Waals surface area contributed by atoms with Crippen LogP contribution in [0, 0.1) is 5.41 Å². The molecule has 200 valence electrons. The number of nitrogens with one attached hydrogen (secondary N) is 2. The van der Waals surface area contributed by atoms with E-state index in [2.05, 4.69) is 30.5 Å². The Kier molecular flexibility index (Phi) is 8.01. The normalized spacial score (nSPS) is 18.2. The lowest BCUT2D eigenvalue weighted by molar-refractivity contribution is 0.0602. The number of hydrogen-bond donors (Lipinski definition) is 4. The lowest BCUT2D eigenvalue weighted by Gasteiger charge is -2.51. The summed E-state index contributed by atoms with van der Waals surface area (Å²) in [5.41, 5.74) is 2.14. The van der Waals surface area contributed by atoms with Gasteiger partial charge in [0.25, 0.3) is 5.91 Å². The fourth-order valence-corrected chi connectivity index (χ4v) is 5.57. The van der Waals surface area contributed by atoms with Crippen LogP contribution in [0.2, 0.25) is 5.02 Å². The molecule has 10 nitrogen and oxygen atoms in total. The van der Waals surface area contributed by atoms with Crippen molar-refractivity contribution < 1.29 is 15.0 Å². The van der Waals surface area contributed by atoms with Crippen LogP contribution < -0.4 is 15.5 Å². The number of aromatic nitrogens is 4. The van der Waals surface area contributed by atoms with Crippen LogP contribution in [-0.4, -0.2) is 55.2 Å². The molecule has 1 saturated carbocycles. The van der Waals surface area contributed by atoms with E-state index in [0.717, 1.165) is 24.9 Å². The van der Waals surface area contributed by atoms with Crippen LogP contribution in [0.25, 0.3) is 0 Å². The van der Waals surface area contributed by atoms with E-state index in [1.54, 1.807) is 30.6 Å². The number of benzene rings is 1. The Bertz CT molecular complexity index is 1270. The van der Waals surface area contributed by atoms with Gasteiger partial charge in [-0.25, -0.2) is 15.0 Å². The molecule has 38 heavy (non-hydrogen) atoms. The highest BCUT2D eigenvalue weighted by Gasteiger charge is 2.44. The molecule has 1 atom stereocenters. The van der Waals surface area contributed by atoms with Crippen molar-refractivity contribution in [2.24, 2.45) is 5.41 Å². The summed E-state index contributed by atoms with van der Waals surface area (Å²) in [5, 5.41) is 26.1. The van der Waals surface area contributed by atoms with Crippen molar-refractivity contribution in [1.29, 1.82) is 0 Å².